The molecule has 2 bridgehead atoms. The number of hydrogen-bond acceptors (Lipinski definition) is 3. The fraction of sp³-hybridized carbons (Fsp3) is 0.400. The smallest absolute Gasteiger partial charge is 0.264 e. The van der Waals surface area contributed by atoms with Crippen molar-refractivity contribution >= 4 is 23.2 Å². The van der Waals surface area contributed by atoms with Crippen LogP contribution in [0.1, 0.15) is 33.0 Å². The molecule has 4 heterocycles. The zero-order valence-electron chi connectivity index (χ0n) is 14.4. The molecule has 2 amide bonds. The molecular formula is C20H22N2O2S. The monoisotopic (exact) mass is 354 g/mol. The van der Waals surface area contributed by atoms with Gasteiger partial charge in [0.2, 0.25) is 5.91 Å². The van der Waals surface area contributed by atoms with Crippen LogP contribution in [0, 0.1) is 12.8 Å². The van der Waals surface area contributed by atoms with Gasteiger partial charge in [0.05, 0.1) is 10.8 Å². The third-order valence-corrected chi connectivity index (χ3v) is 6.22. The van der Waals surface area contributed by atoms with Crippen LogP contribution in [-0.2, 0) is 11.3 Å². The Morgan fingerprint density at radius 2 is 1.92 bits per heavy atom. The Morgan fingerprint density at radius 1 is 1.12 bits per heavy atom. The van der Waals surface area contributed by atoms with Crippen molar-refractivity contribution in [2.45, 2.75) is 32.4 Å². The maximum Gasteiger partial charge on any atom is 0.264 e. The second kappa shape index (κ2) is 6.64. The number of fused-ring (bicyclic) bond motifs is 4. The zero-order chi connectivity index (χ0) is 17.4. The molecule has 25 heavy (non-hydrogen) atoms. The number of hydrogen-bond donors (Lipinski definition) is 0. The summed E-state index contributed by atoms with van der Waals surface area (Å²) in [5.74, 6) is 0.217. The lowest BCUT2D eigenvalue weighted by atomic mass is 9.93. The maximum absolute atomic E-state index is 12.9. The lowest BCUT2D eigenvalue weighted by Crippen LogP contribution is -2.47. The molecule has 1 aromatic heterocycles. The molecule has 0 radical (unpaired) electrons. The second-order valence-corrected chi connectivity index (χ2v) is 8.29. The summed E-state index contributed by atoms with van der Waals surface area (Å²) < 4.78 is 0. The number of piperidine rings is 1. The number of aryl methyl sites for hydroxylation is 1. The van der Waals surface area contributed by atoms with Gasteiger partial charge in [-0.1, -0.05) is 30.3 Å². The Kier molecular flexibility index (Phi) is 4.34. The fourth-order valence-corrected chi connectivity index (χ4v) is 4.74. The summed E-state index contributed by atoms with van der Waals surface area (Å²) in [6, 6.07) is 14.1. The Bertz CT molecular complexity index is 786. The van der Waals surface area contributed by atoms with Gasteiger partial charge in [0.15, 0.2) is 0 Å². The molecule has 1 aromatic carbocycles. The molecule has 3 saturated heterocycles. The van der Waals surface area contributed by atoms with Gasteiger partial charge < -0.3 is 9.80 Å². The molecule has 0 aliphatic carbocycles. The van der Waals surface area contributed by atoms with E-state index >= 15 is 0 Å². The van der Waals surface area contributed by atoms with E-state index in [-0.39, 0.29) is 23.8 Å². The molecule has 3 aliphatic rings. The topological polar surface area (TPSA) is 40.6 Å². The Morgan fingerprint density at radius 3 is 2.64 bits per heavy atom. The number of amides is 2. The summed E-state index contributed by atoms with van der Waals surface area (Å²) in [6.07, 6.45) is 1.87. The molecule has 0 N–H and O–H groups in total. The maximum atomic E-state index is 12.9. The van der Waals surface area contributed by atoms with Crippen LogP contribution < -0.4 is 0 Å². The van der Waals surface area contributed by atoms with Crippen molar-refractivity contribution in [3.05, 3.63) is 57.8 Å². The molecule has 3 fully saturated rings. The highest BCUT2D eigenvalue weighted by molar-refractivity contribution is 7.13. The fourth-order valence-electron chi connectivity index (χ4n) is 3.90. The van der Waals surface area contributed by atoms with E-state index < -0.39 is 0 Å². The van der Waals surface area contributed by atoms with Crippen molar-refractivity contribution in [2.75, 3.05) is 13.1 Å². The van der Waals surface area contributed by atoms with E-state index in [2.05, 4.69) is 12.1 Å². The van der Waals surface area contributed by atoms with E-state index in [9.17, 15) is 9.59 Å². The van der Waals surface area contributed by atoms with Gasteiger partial charge in [0.1, 0.15) is 0 Å². The van der Waals surface area contributed by atoms with E-state index in [1.807, 2.05) is 47.1 Å². The third-order valence-electron chi connectivity index (χ3n) is 5.23. The first-order valence-electron chi connectivity index (χ1n) is 8.82. The zero-order valence-corrected chi connectivity index (χ0v) is 15.2. The van der Waals surface area contributed by atoms with Crippen LogP contribution in [0.2, 0.25) is 0 Å². The molecule has 0 spiro atoms. The summed E-state index contributed by atoms with van der Waals surface area (Å²) in [6.45, 7) is 3.85. The van der Waals surface area contributed by atoms with Crippen molar-refractivity contribution in [3.8, 4) is 0 Å². The van der Waals surface area contributed by atoms with Crippen LogP contribution in [0.15, 0.2) is 42.5 Å². The summed E-state index contributed by atoms with van der Waals surface area (Å²) in [5, 5.41) is 0. The molecule has 0 unspecified atom stereocenters. The molecule has 4 nitrogen and oxygen atoms in total. The molecule has 0 saturated carbocycles. The minimum atomic E-state index is -0.0625. The van der Waals surface area contributed by atoms with Gasteiger partial charge in [0, 0.05) is 30.6 Å². The van der Waals surface area contributed by atoms with Gasteiger partial charge in [-0.3, -0.25) is 9.59 Å². The Labute approximate surface area is 152 Å². The van der Waals surface area contributed by atoms with Crippen LogP contribution in [0.5, 0.6) is 0 Å². The minimum absolute atomic E-state index is 0.0625. The van der Waals surface area contributed by atoms with Crippen LogP contribution >= 0.6 is 11.3 Å². The summed E-state index contributed by atoms with van der Waals surface area (Å²) in [5.41, 5.74) is 1.15. The van der Waals surface area contributed by atoms with Crippen LogP contribution in [0.3, 0.4) is 0 Å². The van der Waals surface area contributed by atoms with Crippen molar-refractivity contribution in [1.82, 2.24) is 9.80 Å². The molecular weight excluding hydrogens is 332 g/mol. The van der Waals surface area contributed by atoms with E-state index in [1.165, 1.54) is 11.3 Å². The predicted octanol–water partition coefficient (Wildman–Crippen LogP) is 3.32. The van der Waals surface area contributed by atoms with Gasteiger partial charge in [0.25, 0.3) is 5.91 Å². The van der Waals surface area contributed by atoms with Crippen LogP contribution in [-0.4, -0.2) is 40.7 Å². The molecule has 2 aromatic rings. The van der Waals surface area contributed by atoms with E-state index in [1.54, 1.807) is 0 Å². The Balaban J connectivity index is 1.55. The summed E-state index contributed by atoms with van der Waals surface area (Å²) in [7, 11) is 0. The average molecular weight is 354 g/mol. The number of rotatable bonds is 3. The lowest BCUT2D eigenvalue weighted by molar-refractivity contribution is -0.140. The minimum Gasteiger partial charge on any atom is -0.335 e. The predicted molar refractivity (Wildman–Crippen MR) is 98.5 cm³/mol. The average Bonchev–Trinajstić information content (AvgIpc) is 2.88. The normalized spacial score (nSPS) is 23.0. The van der Waals surface area contributed by atoms with Crippen LogP contribution in [0.4, 0.5) is 0 Å². The number of carbonyl (C=O) groups is 2. The molecule has 5 rings (SSSR count). The lowest BCUT2D eigenvalue weighted by Gasteiger charge is -2.36. The molecule has 3 aliphatic heterocycles. The molecule has 130 valence electrons. The van der Waals surface area contributed by atoms with Crippen molar-refractivity contribution in [3.63, 3.8) is 0 Å². The van der Waals surface area contributed by atoms with E-state index in [4.69, 9.17) is 0 Å². The van der Waals surface area contributed by atoms with Crippen LogP contribution in [0.25, 0.3) is 0 Å². The summed E-state index contributed by atoms with van der Waals surface area (Å²) >= 11 is 1.53. The van der Waals surface area contributed by atoms with Gasteiger partial charge in [-0.25, -0.2) is 0 Å². The first kappa shape index (κ1) is 16.3. The highest BCUT2D eigenvalue weighted by atomic mass is 32.1. The SMILES string of the molecule is Cc1ccc(C(=O)N2C[C@H]3CC[C@@H](C2)N(Cc2ccccc2)C3=O)s1. The van der Waals surface area contributed by atoms with E-state index in [0.29, 0.717) is 19.6 Å². The first-order chi connectivity index (χ1) is 12.1. The number of benzene rings is 1. The van der Waals surface area contributed by atoms with Gasteiger partial charge in [-0.2, -0.15) is 0 Å². The van der Waals surface area contributed by atoms with E-state index in [0.717, 1.165) is 28.2 Å². The van der Waals surface area contributed by atoms with Gasteiger partial charge >= 0.3 is 0 Å². The number of nitrogens with zero attached hydrogens (tertiary/aromatic N) is 2. The largest absolute Gasteiger partial charge is 0.335 e. The molecule has 5 heteroatoms. The quantitative estimate of drug-likeness (QED) is 0.848. The number of carbonyl (C=O) groups excluding carboxylic acids is 2. The Hall–Kier alpha value is -2.14. The van der Waals surface area contributed by atoms with Crippen molar-refractivity contribution in [1.29, 1.82) is 0 Å². The number of thiophene rings is 1. The molecule has 2 atom stereocenters. The van der Waals surface area contributed by atoms with Gasteiger partial charge in [-0.15, -0.1) is 11.3 Å². The summed E-state index contributed by atoms with van der Waals surface area (Å²) in [4.78, 5) is 31.6. The highest BCUT2D eigenvalue weighted by Crippen LogP contribution is 2.31. The standard InChI is InChI=1S/C20H22N2O2S/c1-14-7-10-18(25-14)20(24)21-12-16-8-9-17(13-21)22(19(16)23)11-15-5-3-2-4-6-15/h2-7,10,16-17H,8-9,11-13H2,1H3/t16-,17+/m1/s1. The van der Waals surface area contributed by atoms with Crippen molar-refractivity contribution < 1.29 is 9.59 Å². The third kappa shape index (κ3) is 3.21. The first-order valence-corrected chi connectivity index (χ1v) is 9.63. The second-order valence-electron chi connectivity index (χ2n) is 7.00. The van der Waals surface area contributed by atoms with Crippen molar-refractivity contribution in [2.24, 2.45) is 5.92 Å². The van der Waals surface area contributed by atoms with Gasteiger partial charge in [-0.05, 0) is 37.5 Å². The highest BCUT2D eigenvalue weighted by Gasteiger charge is 2.42.